The maximum atomic E-state index is 13.1. The Morgan fingerprint density at radius 1 is 1.00 bits per heavy atom. The highest BCUT2D eigenvalue weighted by molar-refractivity contribution is 7.90. The van der Waals surface area contributed by atoms with Gasteiger partial charge in [0, 0.05) is 14.1 Å². The second-order valence-corrected chi connectivity index (χ2v) is 7.99. The summed E-state index contributed by atoms with van der Waals surface area (Å²) < 4.78 is 58.2. The average molecular weight is 413 g/mol. The van der Waals surface area contributed by atoms with Crippen LogP contribution in [0.3, 0.4) is 0 Å². The first-order valence-electron chi connectivity index (χ1n) is 8.31. The predicted octanol–water partition coefficient (Wildman–Crippen LogP) is 1.77. The number of hydrogen-bond acceptors (Lipinski definition) is 4. The number of hydrogen-bond donors (Lipinski definition) is 1. The zero-order chi connectivity index (χ0) is 20.7. The normalized spacial score (nSPS) is 11.3. The van der Waals surface area contributed by atoms with Crippen LogP contribution in [0.15, 0.2) is 48.5 Å². The molecule has 0 saturated carbocycles. The van der Waals surface area contributed by atoms with Crippen LogP contribution >= 0.6 is 0 Å². The van der Waals surface area contributed by atoms with Crippen LogP contribution in [0, 0.1) is 11.6 Å². The zero-order valence-corrected chi connectivity index (χ0v) is 16.2. The van der Waals surface area contributed by atoms with Gasteiger partial charge in [0.2, 0.25) is 5.91 Å². The van der Waals surface area contributed by atoms with E-state index in [1.807, 2.05) is 0 Å². The lowest BCUT2D eigenvalue weighted by molar-refractivity contribution is -0.119. The molecule has 0 saturated heterocycles. The second kappa shape index (κ2) is 9.47. The highest BCUT2D eigenvalue weighted by Gasteiger charge is 2.27. The number of rotatable bonds is 9. The lowest BCUT2D eigenvalue weighted by Crippen LogP contribution is -2.46. The highest BCUT2D eigenvalue weighted by Crippen LogP contribution is 2.19. The molecule has 0 aliphatic rings. The van der Waals surface area contributed by atoms with Crippen LogP contribution in [0.25, 0.3) is 0 Å². The summed E-state index contributed by atoms with van der Waals surface area (Å²) in [6.45, 7) is -0.244. The largest absolute Gasteiger partial charge is 0.492 e. The molecule has 0 fully saturated rings. The number of benzene rings is 2. The Morgan fingerprint density at radius 2 is 1.54 bits per heavy atom. The number of ether oxygens (including phenoxy) is 1. The lowest BCUT2D eigenvalue weighted by Gasteiger charge is -2.26. The molecule has 0 bridgehead atoms. The minimum atomic E-state index is -3.96. The van der Waals surface area contributed by atoms with Crippen molar-refractivity contribution in [2.75, 3.05) is 38.1 Å². The van der Waals surface area contributed by atoms with Crippen molar-refractivity contribution in [1.82, 2.24) is 9.62 Å². The Bertz CT molecular complexity index is 888. The van der Waals surface area contributed by atoms with Gasteiger partial charge >= 0.3 is 10.2 Å². The van der Waals surface area contributed by atoms with Crippen LogP contribution in [0.2, 0.25) is 0 Å². The average Bonchev–Trinajstić information content (AvgIpc) is 2.65. The molecule has 1 amide bonds. The molecule has 2 aromatic rings. The number of nitrogens with zero attached hydrogens (tertiary/aromatic N) is 2. The standard InChI is InChI=1S/C18H21F2N3O4S/c1-22(2)28(25,26)23(16-7-3-14(19)4-8-16)13-18(24)21-11-12-27-17-9-5-15(20)6-10-17/h3-10H,11-13H2,1-2H3,(H,21,24). The number of nitrogens with one attached hydrogen (secondary N) is 1. The third kappa shape index (κ3) is 5.89. The SMILES string of the molecule is CN(C)S(=O)(=O)N(CC(=O)NCCOc1ccc(F)cc1)c1ccc(F)cc1. The zero-order valence-electron chi connectivity index (χ0n) is 15.4. The van der Waals surface area contributed by atoms with Crippen molar-refractivity contribution >= 4 is 21.8 Å². The molecule has 0 aromatic heterocycles. The summed E-state index contributed by atoms with van der Waals surface area (Å²) in [7, 11) is -1.29. The van der Waals surface area contributed by atoms with E-state index in [9.17, 15) is 22.0 Å². The van der Waals surface area contributed by atoms with Crippen molar-refractivity contribution in [3.8, 4) is 5.75 Å². The van der Waals surface area contributed by atoms with Gasteiger partial charge in [0.05, 0.1) is 12.2 Å². The Kier molecular flexibility index (Phi) is 7.30. The van der Waals surface area contributed by atoms with Crippen molar-refractivity contribution in [1.29, 1.82) is 0 Å². The van der Waals surface area contributed by atoms with Crippen molar-refractivity contribution in [2.45, 2.75) is 0 Å². The molecular formula is C18H21F2N3O4S. The number of carbonyl (C=O) groups is 1. The molecule has 10 heteroatoms. The topological polar surface area (TPSA) is 79.0 Å². The van der Waals surface area contributed by atoms with Crippen LogP contribution in [-0.4, -0.2) is 52.4 Å². The van der Waals surface area contributed by atoms with Gasteiger partial charge in [0.25, 0.3) is 0 Å². The van der Waals surface area contributed by atoms with E-state index >= 15 is 0 Å². The van der Waals surface area contributed by atoms with Crippen molar-refractivity contribution in [3.63, 3.8) is 0 Å². The first-order chi connectivity index (χ1) is 13.2. The molecule has 2 aromatic carbocycles. The lowest BCUT2D eigenvalue weighted by atomic mass is 10.3. The maximum Gasteiger partial charge on any atom is 0.304 e. The third-order valence-corrected chi connectivity index (χ3v) is 5.47. The van der Waals surface area contributed by atoms with E-state index in [-0.39, 0.29) is 24.7 Å². The first kappa shape index (κ1) is 21.6. The fraction of sp³-hybridized carbons (Fsp3) is 0.278. The fourth-order valence-electron chi connectivity index (χ4n) is 2.19. The van der Waals surface area contributed by atoms with Gasteiger partial charge in [-0.2, -0.15) is 12.7 Å². The predicted molar refractivity (Wildman–Crippen MR) is 101 cm³/mol. The van der Waals surface area contributed by atoms with E-state index < -0.39 is 28.5 Å². The first-order valence-corrected chi connectivity index (χ1v) is 9.70. The molecule has 0 unspecified atom stereocenters. The van der Waals surface area contributed by atoms with Crippen molar-refractivity contribution < 1.29 is 26.7 Å². The monoisotopic (exact) mass is 413 g/mol. The smallest absolute Gasteiger partial charge is 0.304 e. The van der Waals surface area contributed by atoms with Crippen LogP contribution < -0.4 is 14.4 Å². The number of halogens is 2. The summed E-state index contributed by atoms with van der Waals surface area (Å²) in [5, 5.41) is 2.55. The summed E-state index contributed by atoms with van der Waals surface area (Å²) >= 11 is 0. The van der Waals surface area contributed by atoms with Gasteiger partial charge in [0.1, 0.15) is 30.5 Å². The second-order valence-electron chi connectivity index (χ2n) is 5.93. The molecular weight excluding hydrogens is 392 g/mol. The van der Waals surface area contributed by atoms with E-state index in [4.69, 9.17) is 4.74 Å². The van der Waals surface area contributed by atoms with Gasteiger partial charge in [-0.15, -0.1) is 0 Å². The summed E-state index contributed by atoms with van der Waals surface area (Å²) in [6, 6.07) is 10.2. The van der Waals surface area contributed by atoms with Crippen LogP contribution in [0.1, 0.15) is 0 Å². The highest BCUT2D eigenvalue weighted by atomic mass is 32.2. The Balaban J connectivity index is 1.96. The molecule has 0 atom stereocenters. The molecule has 7 nitrogen and oxygen atoms in total. The number of amides is 1. The van der Waals surface area contributed by atoms with Gasteiger partial charge in [-0.05, 0) is 48.5 Å². The van der Waals surface area contributed by atoms with Gasteiger partial charge in [-0.3, -0.25) is 4.79 Å². The number of anilines is 1. The molecule has 0 aliphatic carbocycles. The Morgan fingerprint density at radius 3 is 2.07 bits per heavy atom. The summed E-state index contributed by atoms with van der Waals surface area (Å²) in [5.74, 6) is -1.02. The van der Waals surface area contributed by atoms with Gasteiger partial charge < -0.3 is 10.1 Å². The summed E-state index contributed by atoms with van der Waals surface area (Å²) in [4.78, 5) is 12.2. The summed E-state index contributed by atoms with van der Waals surface area (Å²) in [5.41, 5.74) is 0.160. The quantitative estimate of drug-likeness (QED) is 0.636. The van der Waals surface area contributed by atoms with E-state index in [1.54, 1.807) is 0 Å². The van der Waals surface area contributed by atoms with Crippen molar-refractivity contribution in [3.05, 3.63) is 60.2 Å². The van der Waals surface area contributed by atoms with E-state index in [0.717, 1.165) is 20.7 Å². The molecule has 152 valence electrons. The van der Waals surface area contributed by atoms with Gasteiger partial charge in [-0.25, -0.2) is 13.1 Å². The maximum absolute atomic E-state index is 13.1. The van der Waals surface area contributed by atoms with E-state index in [1.165, 1.54) is 50.5 Å². The molecule has 0 spiro atoms. The minimum Gasteiger partial charge on any atom is -0.492 e. The molecule has 1 N–H and O–H groups in total. The Hall–Kier alpha value is -2.72. The van der Waals surface area contributed by atoms with Crippen LogP contribution in [0.5, 0.6) is 5.75 Å². The summed E-state index contributed by atoms with van der Waals surface area (Å²) in [6.07, 6.45) is 0. The molecule has 28 heavy (non-hydrogen) atoms. The molecule has 0 radical (unpaired) electrons. The van der Waals surface area contributed by atoms with E-state index in [0.29, 0.717) is 5.75 Å². The van der Waals surface area contributed by atoms with Crippen molar-refractivity contribution in [2.24, 2.45) is 0 Å². The molecule has 0 heterocycles. The van der Waals surface area contributed by atoms with Crippen LogP contribution in [0.4, 0.5) is 14.5 Å². The van der Waals surface area contributed by atoms with Gasteiger partial charge in [-0.1, -0.05) is 0 Å². The molecule has 2 rings (SSSR count). The Labute approximate surface area is 162 Å². The van der Waals surface area contributed by atoms with E-state index in [2.05, 4.69) is 5.32 Å². The number of carbonyl (C=O) groups excluding carboxylic acids is 1. The molecule has 0 aliphatic heterocycles. The minimum absolute atomic E-state index is 0.119. The third-order valence-electron chi connectivity index (χ3n) is 3.65. The van der Waals surface area contributed by atoms with Gasteiger partial charge in [0.15, 0.2) is 0 Å². The fourth-order valence-corrected chi connectivity index (χ4v) is 3.25. The van der Waals surface area contributed by atoms with Crippen LogP contribution in [-0.2, 0) is 15.0 Å².